The van der Waals surface area contributed by atoms with E-state index in [1.807, 2.05) is 59.2 Å². The van der Waals surface area contributed by atoms with Gasteiger partial charge in [0.15, 0.2) is 11.0 Å². The van der Waals surface area contributed by atoms with E-state index in [2.05, 4.69) is 20.5 Å². The number of halogens is 1. The van der Waals surface area contributed by atoms with Gasteiger partial charge in [-0.3, -0.25) is 14.3 Å². The second kappa shape index (κ2) is 9.56. The molecule has 0 radical (unpaired) electrons. The van der Waals surface area contributed by atoms with Gasteiger partial charge in [0.25, 0.3) is 0 Å². The fraction of sp³-hybridized carbons (Fsp3) is 0.0909. The number of carbonyl (C=O) groups is 1. The Hall–Kier alpha value is -3.16. The first kappa shape index (κ1) is 20.1. The molecule has 0 aliphatic carbocycles. The van der Waals surface area contributed by atoms with Crippen LogP contribution >= 0.6 is 23.4 Å². The Morgan fingerprint density at radius 1 is 1.00 bits per heavy atom. The van der Waals surface area contributed by atoms with E-state index in [0.717, 1.165) is 11.1 Å². The molecule has 2 heterocycles. The molecule has 0 unspecified atom stereocenters. The lowest BCUT2D eigenvalue weighted by molar-refractivity contribution is -0.113. The minimum absolute atomic E-state index is 0.162. The zero-order chi connectivity index (χ0) is 20.8. The Morgan fingerprint density at radius 3 is 2.57 bits per heavy atom. The van der Waals surface area contributed by atoms with Crippen LogP contribution in [0.25, 0.3) is 11.4 Å². The molecule has 1 N–H and O–H groups in total. The van der Waals surface area contributed by atoms with Gasteiger partial charge in [0.05, 0.1) is 23.0 Å². The smallest absolute Gasteiger partial charge is 0.234 e. The number of nitrogens with zero attached hydrogens (tertiary/aromatic N) is 4. The van der Waals surface area contributed by atoms with Crippen LogP contribution in [-0.2, 0) is 11.3 Å². The molecule has 0 saturated carbocycles. The van der Waals surface area contributed by atoms with Crippen LogP contribution in [0.4, 0.5) is 5.69 Å². The summed E-state index contributed by atoms with van der Waals surface area (Å²) in [6, 6.07) is 21.0. The molecule has 0 atom stereocenters. The molecule has 8 heteroatoms. The molecule has 30 heavy (non-hydrogen) atoms. The molecule has 0 fully saturated rings. The van der Waals surface area contributed by atoms with Crippen LogP contribution in [0.1, 0.15) is 5.56 Å². The molecule has 2 aromatic heterocycles. The van der Waals surface area contributed by atoms with E-state index >= 15 is 0 Å². The Labute approximate surface area is 183 Å². The van der Waals surface area contributed by atoms with Gasteiger partial charge >= 0.3 is 0 Å². The van der Waals surface area contributed by atoms with Gasteiger partial charge in [-0.1, -0.05) is 65.8 Å². The summed E-state index contributed by atoms with van der Waals surface area (Å²) in [5.74, 6) is 0.733. The van der Waals surface area contributed by atoms with E-state index in [1.54, 1.807) is 24.5 Å². The zero-order valence-corrected chi connectivity index (χ0v) is 17.5. The summed E-state index contributed by atoms with van der Waals surface area (Å²) in [5, 5.41) is 12.7. The SMILES string of the molecule is O=C(CSc1nnc(-c2cccnc2)n1Cc1ccccc1)Nc1ccccc1Cl. The van der Waals surface area contributed by atoms with Crippen LogP contribution < -0.4 is 5.32 Å². The summed E-state index contributed by atoms with van der Waals surface area (Å²) in [6.07, 6.45) is 3.47. The maximum absolute atomic E-state index is 12.4. The fourth-order valence-electron chi connectivity index (χ4n) is 2.89. The second-order valence-electron chi connectivity index (χ2n) is 6.44. The molecule has 6 nitrogen and oxygen atoms in total. The van der Waals surface area contributed by atoms with E-state index < -0.39 is 0 Å². The van der Waals surface area contributed by atoms with Gasteiger partial charge in [-0.15, -0.1) is 10.2 Å². The molecular formula is C22H18ClN5OS. The van der Waals surface area contributed by atoms with Crippen molar-refractivity contribution in [3.8, 4) is 11.4 Å². The minimum atomic E-state index is -0.162. The van der Waals surface area contributed by atoms with Crippen molar-refractivity contribution in [2.75, 3.05) is 11.1 Å². The molecule has 0 aliphatic heterocycles. The Morgan fingerprint density at radius 2 is 1.80 bits per heavy atom. The Kier molecular flexibility index (Phi) is 6.41. The number of pyridine rings is 1. The lowest BCUT2D eigenvalue weighted by Gasteiger charge is -2.11. The summed E-state index contributed by atoms with van der Waals surface area (Å²) >= 11 is 7.45. The normalized spacial score (nSPS) is 10.7. The molecule has 4 rings (SSSR count). The van der Waals surface area contributed by atoms with Gasteiger partial charge < -0.3 is 5.32 Å². The van der Waals surface area contributed by atoms with Gasteiger partial charge in [0, 0.05) is 18.0 Å². The molecule has 0 spiro atoms. The summed E-state index contributed by atoms with van der Waals surface area (Å²) < 4.78 is 2.00. The standard InChI is InChI=1S/C22H18ClN5OS/c23-18-10-4-5-11-19(18)25-20(29)15-30-22-27-26-21(17-9-6-12-24-13-17)28(22)14-16-7-2-1-3-8-16/h1-13H,14-15H2,(H,25,29). The van der Waals surface area contributed by atoms with Crippen LogP contribution in [0.3, 0.4) is 0 Å². The highest BCUT2D eigenvalue weighted by atomic mass is 35.5. The van der Waals surface area contributed by atoms with Crippen molar-refractivity contribution in [2.24, 2.45) is 0 Å². The molecule has 1 amide bonds. The van der Waals surface area contributed by atoms with Crippen LogP contribution in [-0.4, -0.2) is 31.4 Å². The van der Waals surface area contributed by atoms with Crippen molar-refractivity contribution < 1.29 is 4.79 Å². The van der Waals surface area contributed by atoms with Gasteiger partial charge in [0.2, 0.25) is 5.91 Å². The molecular weight excluding hydrogens is 418 g/mol. The summed E-state index contributed by atoms with van der Waals surface area (Å²) in [5.41, 5.74) is 2.57. The van der Waals surface area contributed by atoms with Crippen molar-refractivity contribution >= 4 is 35.0 Å². The van der Waals surface area contributed by atoms with Crippen molar-refractivity contribution in [2.45, 2.75) is 11.7 Å². The summed E-state index contributed by atoms with van der Waals surface area (Å²) in [7, 11) is 0. The third-order valence-electron chi connectivity index (χ3n) is 4.30. The van der Waals surface area contributed by atoms with Crippen molar-refractivity contribution in [1.29, 1.82) is 0 Å². The third-order valence-corrected chi connectivity index (χ3v) is 5.60. The minimum Gasteiger partial charge on any atom is -0.324 e. The number of thioether (sulfide) groups is 1. The largest absolute Gasteiger partial charge is 0.324 e. The number of benzene rings is 2. The van der Waals surface area contributed by atoms with Crippen molar-refractivity contribution in [3.63, 3.8) is 0 Å². The van der Waals surface area contributed by atoms with Crippen LogP contribution in [0.15, 0.2) is 84.3 Å². The number of amides is 1. The highest BCUT2D eigenvalue weighted by Crippen LogP contribution is 2.26. The maximum atomic E-state index is 12.4. The number of nitrogens with one attached hydrogen (secondary N) is 1. The highest BCUT2D eigenvalue weighted by Gasteiger charge is 2.16. The Balaban J connectivity index is 1.54. The highest BCUT2D eigenvalue weighted by molar-refractivity contribution is 7.99. The first-order valence-corrected chi connectivity index (χ1v) is 10.6. The van der Waals surface area contributed by atoms with Gasteiger partial charge in [0.1, 0.15) is 0 Å². The number of rotatable bonds is 7. The summed E-state index contributed by atoms with van der Waals surface area (Å²) in [4.78, 5) is 16.6. The van der Waals surface area contributed by atoms with E-state index in [-0.39, 0.29) is 11.7 Å². The van der Waals surface area contributed by atoms with E-state index in [0.29, 0.717) is 28.2 Å². The number of hydrogen-bond donors (Lipinski definition) is 1. The second-order valence-corrected chi connectivity index (χ2v) is 7.79. The predicted octanol–water partition coefficient (Wildman–Crippen LogP) is 4.77. The van der Waals surface area contributed by atoms with Crippen LogP contribution in [0.2, 0.25) is 5.02 Å². The number of carbonyl (C=O) groups excluding carboxylic acids is 1. The average molecular weight is 436 g/mol. The van der Waals surface area contributed by atoms with Gasteiger partial charge in [-0.05, 0) is 29.8 Å². The fourth-order valence-corrected chi connectivity index (χ4v) is 3.81. The topological polar surface area (TPSA) is 72.7 Å². The van der Waals surface area contributed by atoms with E-state index in [1.165, 1.54) is 11.8 Å². The predicted molar refractivity (Wildman–Crippen MR) is 120 cm³/mol. The first-order chi connectivity index (χ1) is 14.7. The zero-order valence-electron chi connectivity index (χ0n) is 15.9. The molecule has 150 valence electrons. The number of anilines is 1. The molecule has 4 aromatic rings. The third kappa shape index (κ3) is 4.87. The van der Waals surface area contributed by atoms with Crippen LogP contribution in [0, 0.1) is 0 Å². The molecule has 0 saturated heterocycles. The first-order valence-electron chi connectivity index (χ1n) is 9.25. The van der Waals surface area contributed by atoms with E-state index in [9.17, 15) is 4.79 Å². The molecule has 0 bridgehead atoms. The lowest BCUT2D eigenvalue weighted by Crippen LogP contribution is -2.15. The quantitative estimate of drug-likeness (QED) is 0.423. The number of para-hydroxylation sites is 1. The van der Waals surface area contributed by atoms with E-state index in [4.69, 9.17) is 11.6 Å². The van der Waals surface area contributed by atoms with Gasteiger partial charge in [-0.2, -0.15) is 0 Å². The lowest BCUT2D eigenvalue weighted by atomic mass is 10.2. The van der Waals surface area contributed by atoms with Gasteiger partial charge in [-0.25, -0.2) is 0 Å². The number of hydrogen-bond acceptors (Lipinski definition) is 5. The Bertz CT molecular complexity index is 1130. The monoisotopic (exact) mass is 435 g/mol. The van der Waals surface area contributed by atoms with Crippen LogP contribution in [0.5, 0.6) is 0 Å². The summed E-state index contributed by atoms with van der Waals surface area (Å²) in [6.45, 7) is 0.590. The number of aromatic nitrogens is 4. The molecule has 0 aliphatic rings. The molecule has 2 aromatic carbocycles. The average Bonchev–Trinajstić information content (AvgIpc) is 3.17. The maximum Gasteiger partial charge on any atom is 0.234 e. The van der Waals surface area contributed by atoms with Crippen molar-refractivity contribution in [1.82, 2.24) is 19.7 Å². The van der Waals surface area contributed by atoms with Crippen molar-refractivity contribution in [3.05, 3.63) is 89.7 Å².